The Morgan fingerprint density at radius 3 is 2.60 bits per heavy atom. The van der Waals surface area contributed by atoms with Crippen LogP contribution in [-0.4, -0.2) is 46.2 Å². The number of alkyl halides is 3. The van der Waals surface area contributed by atoms with Crippen molar-refractivity contribution in [1.82, 2.24) is 15.4 Å². The number of carboxylic acids is 1. The van der Waals surface area contributed by atoms with Crippen molar-refractivity contribution in [2.45, 2.75) is 31.0 Å². The highest BCUT2D eigenvalue weighted by Gasteiger charge is 2.52. The summed E-state index contributed by atoms with van der Waals surface area (Å²) in [4.78, 5) is 38.0. The van der Waals surface area contributed by atoms with Gasteiger partial charge in [-0.25, -0.2) is 4.79 Å². The molecule has 9 nitrogen and oxygen atoms in total. The zero-order valence-corrected chi connectivity index (χ0v) is 18.2. The lowest BCUT2D eigenvalue weighted by molar-refractivity contribution is -0.141. The Hall–Kier alpha value is -4.09. The Morgan fingerprint density at radius 2 is 1.91 bits per heavy atom. The van der Waals surface area contributed by atoms with Gasteiger partial charge in [0.1, 0.15) is 11.3 Å². The number of halogens is 3. The second kappa shape index (κ2) is 9.28. The number of benzene rings is 2. The van der Waals surface area contributed by atoms with Crippen molar-refractivity contribution in [3.05, 3.63) is 59.8 Å². The summed E-state index contributed by atoms with van der Waals surface area (Å²) >= 11 is 0. The molecule has 3 amide bonds. The highest BCUT2D eigenvalue weighted by atomic mass is 19.4. The zero-order chi connectivity index (χ0) is 25.2. The van der Waals surface area contributed by atoms with Crippen LogP contribution in [0.4, 0.5) is 18.0 Å². The third-order valence-corrected chi connectivity index (χ3v) is 5.66. The number of aliphatic carboxylic acids is 1. The predicted octanol–water partition coefficient (Wildman–Crippen LogP) is 3.93. The smallest absolute Gasteiger partial charge is 0.437 e. The van der Waals surface area contributed by atoms with Crippen LogP contribution in [0.25, 0.3) is 11.0 Å². The summed E-state index contributed by atoms with van der Waals surface area (Å²) in [6, 6.07) is 11.6. The first-order valence-electron chi connectivity index (χ1n) is 10.6. The SMILES string of the molecule is O=C(O)CCC1(c2ccccc2)NC(=O)N(CCCOc2ccc3c(C(F)(F)F)noc3c2)C1=O. The van der Waals surface area contributed by atoms with Crippen LogP contribution in [0.5, 0.6) is 5.75 Å². The van der Waals surface area contributed by atoms with Gasteiger partial charge >= 0.3 is 18.2 Å². The van der Waals surface area contributed by atoms with Crippen LogP contribution in [0.15, 0.2) is 53.1 Å². The van der Waals surface area contributed by atoms with Gasteiger partial charge in [0.25, 0.3) is 5.91 Å². The molecule has 1 aliphatic rings. The van der Waals surface area contributed by atoms with Crippen LogP contribution in [0.3, 0.4) is 0 Å². The van der Waals surface area contributed by atoms with Gasteiger partial charge in [-0.3, -0.25) is 14.5 Å². The molecule has 2 aromatic carbocycles. The predicted molar refractivity (Wildman–Crippen MR) is 114 cm³/mol. The van der Waals surface area contributed by atoms with Crippen molar-refractivity contribution in [3.63, 3.8) is 0 Å². The number of imide groups is 1. The molecule has 0 saturated carbocycles. The lowest BCUT2D eigenvalue weighted by Crippen LogP contribution is -2.44. The van der Waals surface area contributed by atoms with E-state index in [0.29, 0.717) is 5.56 Å². The number of urea groups is 1. The third-order valence-electron chi connectivity index (χ3n) is 5.66. The van der Waals surface area contributed by atoms with Crippen molar-refractivity contribution in [1.29, 1.82) is 0 Å². The average molecular weight is 491 g/mol. The van der Waals surface area contributed by atoms with E-state index in [9.17, 15) is 27.6 Å². The molecule has 1 saturated heterocycles. The fourth-order valence-electron chi connectivity index (χ4n) is 3.98. The number of hydrogen-bond donors (Lipinski definition) is 2. The van der Waals surface area contributed by atoms with E-state index < -0.39 is 35.3 Å². The van der Waals surface area contributed by atoms with Crippen molar-refractivity contribution < 1.29 is 41.9 Å². The number of carbonyl (C=O) groups excluding carboxylic acids is 2. The molecule has 1 unspecified atom stereocenters. The number of ether oxygens (including phenoxy) is 1. The Balaban J connectivity index is 1.40. The van der Waals surface area contributed by atoms with Crippen molar-refractivity contribution >= 4 is 28.9 Å². The molecule has 1 aliphatic heterocycles. The largest absolute Gasteiger partial charge is 0.493 e. The van der Waals surface area contributed by atoms with Gasteiger partial charge in [-0.05, 0) is 30.5 Å². The summed E-state index contributed by atoms with van der Waals surface area (Å²) in [6.07, 6.45) is -4.85. The monoisotopic (exact) mass is 491 g/mol. The summed E-state index contributed by atoms with van der Waals surface area (Å²) in [5.41, 5.74) is -2.21. The maximum atomic E-state index is 13.2. The minimum absolute atomic E-state index is 0.00487. The van der Waals surface area contributed by atoms with Crippen molar-refractivity contribution in [3.8, 4) is 5.75 Å². The molecule has 1 aromatic heterocycles. The van der Waals surface area contributed by atoms with Gasteiger partial charge in [-0.1, -0.05) is 35.5 Å². The quantitative estimate of drug-likeness (QED) is 0.344. The van der Waals surface area contributed by atoms with Crippen LogP contribution in [0, 0.1) is 0 Å². The Bertz CT molecular complexity index is 1260. The summed E-state index contributed by atoms with van der Waals surface area (Å²) in [5.74, 6) is -1.42. The Kier molecular flexibility index (Phi) is 6.37. The Labute approximate surface area is 196 Å². The lowest BCUT2D eigenvalue weighted by Gasteiger charge is -2.26. The molecular weight excluding hydrogens is 471 g/mol. The van der Waals surface area contributed by atoms with Gasteiger partial charge in [-0.15, -0.1) is 0 Å². The topological polar surface area (TPSA) is 122 Å². The molecule has 1 atom stereocenters. The molecule has 2 heterocycles. The molecule has 0 spiro atoms. The lowest BCUT2D eigenvalue weighted by atomic mass is 9.85. The van der Waals surface area contributed by atoms with Gasteiger partial charge < -0.3 is 19.7 Å². The molecule has 184 valence electrons. The highest BCUT2D eigenvalue weighted by Crippen LogP contribution is 2.36. The number of rotatable bonds is 9. The van der Waals surface area contributed by atoms with E-state index in [1.165, 1.54) is 18.2 Å². The van der Waals surface area contributed by atoms with Gasteiger partial charge in [0.15, 0.2) is 11.3 Å². The van der Waals surface area contributed by atoms with Crippen LogP contribution < -0.4 is 10.1 Å². The summed E-state index contributed by atoms with van der Waals surface area (Å²) in [5, 5.41) is 14.6. The maximum Gasteiger partial charge on any atom is 0.437 e. The summed E-state index contributed by atoms with van der Waals surface area (Å²) < 4.78 is 49.0. The Morgan fingerprint density at radius 1 is 1.17 bits per heavy atom. The number of nitrogens with one attached hydrogen (secondary N) is 1. The van der Waals surface area contributed by atoms with E-state index in [4.69, 9.17) is 14.4 Å². The molecule has 1 fully saturated rings. The number of hydrogen-bond acceptors (Lipinski definition) is 6. The van der Waals surface area contributed by atoms with E-state index in [2.05, 4.69) is 10.5 Å². The van der Waals surface area contributed by atoms with Gasteiger partial charge in [-0.2, -0.15) is 13.2 Å². The molecule has 3 aromatic rings. The number of carboxylic acid groups (broad SMARTS) is 1. The number of nitrogens with zero attached hydrogens (tertiary/aromatic N) is 2. The van der Waals surface area contributed by atoms with E-state index >= 15 is 0 Å². The van der Waals surface area contributed by atoms with E-state index in [1.807, 2.05) is 0 Å². The standard InChI is InChI=1S/C23H20F3N3O6/c24-23(25,26)19-16-8-7-15(13-17(16)35-28-19)34-12-4-11-29-20(32)22(27-21(29)33,10-9-18(30)31)14-5-2-1-3-6-14/h1-3,5-8,13H,4,9-12H2,(H,27,33)(H,30,31). The molecule has 0 radical (unpaired) electrons. The first kappa shape index (κ1) is 24.0. The summed E-state index contributed by atoms with van der Waals surface area (Å²) in [6.45, 7) is 0.0470. The van der Waals surface area contributed by atoms with Gasteiger partial charge in [0.05, 0.1) is 12.0 Å². The number of amides is 3. The molecule has 0 aliphatic carbocycles. The summed E-state index contributed by atoms with van der Waals surface area (Å²) in [7, 11) is 0. The van der Waals surface area contributed by atoms with E-state index in [0.717, 1.165) is 4.90 Å². The van der Waals surface area contributed by atoms with Crippen LogP contribution in [-0.2, 0) is 21.3 Å². The van der Waals surface area contributed by atoms with Crippen molar-refractivity contribution in [2.75, 3.05) is 13.2 Å². The second-order valence-corrected chi connectivity index (χ2v) is 7.94. The molecule has 4 rings (SSSR count). The van der Waals surface area contributed by atoms with Crippen LogP contribution in [0.2, 0.25) is 0 Å². The second-order valence-electron chi connectivity index (χ2n) is 7.94. The van der Waals surface area contributed by atoms with Crippen LogP contribution >= 0.6 is 0 Å². The molecular formula is C23H20F3N3O6. The van der Waals surface area contributed by atoms with Gasteiger partial charge in [0.2, 0.25) is 0 Å². The normalized spacial score (nSPS) is 18.2. The average Bonchev–Trinajstić information content (AvgIpc) is 3.35. The highest BCUT2D eigenvalue weighted by molar-refractivity contribution is 6.07. The fraction of sp³-hybridized carbons (Fsp3) is 0.304. The molecule has 12 heteroatoms. The number of fused-ring (bicyclic) bond motifs is 1. The van der Waals surface area contributed by atoms with Crippen molar-refractivity contribution in [2.24, 2.45) is 0 Å². The molecule has 0 bridgehead atoms. The zero-order valence-electron chi connectivity index (χ0n) is 18.2. The van der Waals surface area contributed by atoms with Crippen LogP contribution in [0.1, 0.15) is 30.5 Å². The maximum absolute atomic E-state index is 13.2. The number of carbonyl (C=O) groups is 3. The fourth-order valence-corrected chi connectivity index (χ4v) is 3.98. The van der Waals surface area contributed by atoms with Gasteiger partial charge in [0, 0.05) is 19.0 Å². The first-order chi connectivity index (χ1) is 16.6. The minimum atomic E-state index is -4.64. The molecule has 35 heavy (non-hydrogen) atoms. The number of aromatic nitrogens is 1. The third kappa shape index (κ3) is 4.77. The molecule has 2 N–H and O–H groups in total. The van der Waals surface area contributed by atoms with E-state index in [-0.39, 0.29) is 49.1 Å². The minimum Gasteiger partial charge on any atom is -0.493 e. The first-order valence-corrected chi connectivity index (χ1v) is 10.6. The van der Waals surface area contributed by atoms with E-state index in [1.54, 1.807) is 30.3 Å².